The molecule has 334 valence electrons. The maximum atomic E-state index is 10.1. The first-order valence-corrected chi connectivity index (χ1v) is 28.5. The number of imidazole rings is 3. The summed E-state index contributed by atoms with van der Waals surface area (Å²) in [5, 5.41) is 16.6. The first kappa shape index (κ1) is 67.2. The van der Waals surface area contributed by atoms with Gasteiger partial charge in [0.1, 0.15) is 11.4 Å². The van der Waals surface area contributed by atoms with E-state index >= 15 is 0 Å². The van der Waals surface area contributed by atoms with Crippen molar-refractivity contribution >= 4 is 65.1 Å². The van der Waals surface area contributed by atoms with Crippen LogP contribution < -0.4 is 0 Å². The van der Waals surface area contributed by atoms with Crippen LogP contribution in [0.5, 0.6) is 0 Å². The second-order valence-corrected chi connectivity index (χ2v) is 11.2. The molecule has 0 aliphatic carbocycles. The second-order valence-electron chi connectivity index (χ2n) is 11.2. The van der Waals surface area contributed by atoms with Crippen molar-refractivity contribution in [1.82, 2.24) is 38.6 Å². The molecule has 0 saturated heterocycles. The molecule has 0 spiro atoms. The summed E-state index contributed by atoms with van der Waals surface area (Å²) in [6.07, 6.45) is 14.2. The third kappa shape index (κ3) is 27.7. The Labute approximate surface area is 458 Å². The average Bonchev–Trinajstić information content (AvgIpc) is 4.06. The Hall–Kier alpha value is -2.36. The van der Waals surface area contributed by atoms with Gasteiger partial charge < -0.3 is 32.8 Å². The number of rotatable bonds is 5. The van der Waals surface area contributed by atoms with Gasteiger partial charge in [-0.15, -0.1) is 71.8 Å². The Morgan fingerprint density at radius 2 is 0.889 bits per heavy atom. The van der Waals surface area contributed by atoms with Gasteiger partial charge in [0.05, 0.1) is 24.7 Å². The zero-order valence-corrected chi connectivity index (χ0v) is 47.6. The fourth-order valence-corrected chi connectivity index (χ4v) is 4.36. The van der Waals surface area contributed by atoms with Crippen LogP contribution in [-0.4, -0.2) is 104 Å². The van der Waals surface area contributed by atoms with Crippen molar-refractivity contribution in [3.63, 3.8) is 0 Å². The second kappa shape index (κ2) is 41.1. The van der Waals surface area contributed by atoms with E-state index in [1.54, 1.807) is 36.9 Å². The van der Waals surface area contributed by atoms with E-state index in [9.17, 15) is 9.59 Å². The van der Waals surface area contributed by atoms with Crippen molar-refractivity contribution in [2.75, 3.05) is 0 Å². The molecule has 0 saturated carbocycles. The molecule has 3 aromatic carbocycles. The Morgan fingerprint density at radius 1 is 0.556 bits per heavy atom. The zero-order chi connectivity index (χ0) is 42.5. The van der Waals surface area contributed by atoms with Crippen LogP contribution in [0.2, 0.25) is 0 Å². The van der Waals surface area contributed by atoms with Crippen molar-refractivity contribution in [2.24, 2.45) is 21.1 Å². The molecule has 20 heteroatoms. The standard InChI is InChI=1S/C10H10N2.2C10H9N2.2C6H5NO2.CH3.ClH.3Co.2Ir.2Na.H/c3*1-12-7-10(11-8-12)9-5-3-2-4-6-9;2*8-6(9)5-3-1-2-4-7-5;;;;;;;;;;/h2-8H,1H3;2*2-5,7-8H,1H3;2*1-4H,(H,8,9);1H3;1H;;;;;;;;/q;2*-1;;;-1;;;;;;+3;;;-1/p-1/i;;;;;;;;;;;;;;1+1. The predicted octanol–water partition coefficient (Wildman–Crippen LogP) is 7.90. The summed E-state index contributed by atoms with van der Waals surface area (Å²) in [5.74, 6) is -1.98. The van der Waals surface area contributed by atoms with Crippen LogP contribution >= 0.6 is 9.58 Å². The summed E-state index contributed by atoms with van der Waals surface area (Å²) >= 11 is 4.36. The van der Waals surface area contributed by atoms with E-state index in [2.05, 4.69) is 58.8 Å². The Balaban J connectivity index is -0.000000218. The molecule has 2 N–H and O–H groups in total. The quantitative estimate of drug-likeness (QED) is 0.129. The fourth-order valence-electron chi connectivity index (χ4n) is 4.36. The van der Waals surface area contributed by atoms with Gasteiger partial charge in [-0.25, -0.2) is 24.5 Å². The number of nitrogens with zero attached hydrogens (tertiary/aromatic N) is 8. The minimum atomic E-state index is -0.990. The summed E-state index contributed by atoms with van der Waals surface area (Å²) in [5.41, 5.74) is 6.37. The van der Waals surface area contributed by atoms with Gasteiger partial charge in [-0.3, -0.25) is 9.97 Å². The topological polar surface area (TPSA) is 154 Å². The van der Waals surface area contributed by atoms with E-state index in [1.165, 1.54) is 86.0 Å². The number of halogens is 1. The van der Waals surface area contributed by atoms with Crippen LogP contribution in [0.25, 0.3) is 33.8 Å². The van der Waals surface area contributed by atoms with Crippen LogP contribution in [-0.2, 0) is 109 Å². The normalized spacial score (nSPS) is 8.52. The van der Waals surface area contributed by atoms with Crippen molar-refractivity contribution in [1.29, 1.82) is 0 Å². The van der Waals surface area contributed by atoms with Crippen molar-refractivity contribution in [3.8, 4) is 33.8 Å². The molecular weight excluding hydrogens is 1340 g/mol. The van der Waals surface area contributed by atoms with Crippen LogP contribution in [0.3, 0.4) is 0 Å². The summed E-state index contributed by atoms with van der Waals surface area (Å²) < 4.78 is 5.80. The third-order valence-corrected chi connectivity index (χ3v) is 6.92. The van der Waals surface area contributed by atoms with E-state index in [0.717, 1.165) is 33.8 Å². The van der Waals surface area contributed by atoms with Gasteiger partial charge in [0.25, 0.3) is 0 Å². The maximum absolute atomic E-state index is 10.1. The minimum absolute atomic E-state index is 0. The van der Waals surface area contributed by atoms with Crippen molar-refractivity contribution < 1.29 is 110 Å². The molecule has 0 unspecified atom stereocenters. The van der Waals surface area contributed by atoms with E-state index in [1.807, 2.05) is 126 Å². The van der Waals surface area contributed by atoms with Crippen LogP contribution in [0.15, 0.2) is 165 Å². The molecule has 0 atom stereocenters. The fraction of sp³-hybridized carbons (Fsp3) is 0.0698. The third-order valence-electron chi connectivity index (χ3n) is 6.92. The molecule has 0 amide bonds. The van der Waals surface area contributed by atoms with Gasteiger partial charge in [0.2, 0.25) is 0 Å². The zero-order valence-electron chi connectivity index (χ0n) is 35.9. The molecule has 4 radical (unpaired) electrons. The van der Waals surface area contributed by atoms with Gasteiger partial charge in [0, 0.05) is 127 Å². The number of hydrogen-bond acceptors (Lipinski definition) is 7. The number of carboxylic acids is 2. The first-order chi connectivity index (χ1) is 28.2. The number of pyridine rings is 2. The molecule has 5 aromatic heterocycles. The van der Waals surface area contributed by atoms with Gasteiger partial charge >= 0.3 is 83.0 Å². The molecule has 12 nitrogen and oxygen atoms in total. The molecule has 0 fully saturated rings. The number of benzene rings is 3. The predicted molar refractivity (Wildman–Crippen MR) is 231 cm³/mol. The number of aromatic carboxylic acids is 2. The number of carbonyl (C=O) groups is 2. The molecular formula is C43H42ClCo3Ir2N8Na2O4-2. The van der Waals surface area contributed by atoms with Crippen molar-refractivity contribution in [3.05, 3.63) is 196 Å². The Kier molecular flexibility index (Phi) is 43.9. The molecule has 0 aliphatic rings. The summed E-state index contributed by atoms with van der Waals surface area (Å²) in [4.78, 5) is 40.1. The van der Waals surface area contributed by atoms with Gasteiger partial charge in [-0.1, -0.05) is 42.5 Å². The first-order valence-electron chi connectivity index (χ1n) is 17.5. The van der Waals surface area contributed by atoms with Gasteiger partial charge in [-0.05, 0) is 36.7 Å². The summed E-state index contributed by atoms with van der Waals surface area (Å²) in [6, 6.07) is 41.6. The number of carboxylic acid groups (broad SMARTS) is 2. The van der Waals surface area contributed by atoms with Crippen LogP contribution in [0.1, 0.15) is 22.4 Å². The summed E-state index contributed by atoms with van der Waals surface area (Å²) in [6.45, 7) is 0. The van der Waals surface area contributed by atoms with E-state index in [-0.39, 0.29) is 90.7 Å². The van der Waals surface area contributed by atoms with Crippen LogP contribution in [0.4, 0.5) is 0 Å². The molecule has 63 heavy (non-hydrogen) atoms. The van der Waals surface area contributed by atoms with Crippen molar-refractivity contribution in [2.45, 2.75) is 0 Å². The summed E-state index contributed by atoms with van der Waals surface area (Å²) in [7, 11) is 10.5. The molecule has 5 heterocycles. The monoisotopic (exact) mass is 1380 g/mol. The SMILES string of the molecule is Cn1cnc(-c2[c-]cccc2)c1.Cn1cnc(-c2[c-]cccc2)c1.Cn1cnc(-c2ccccc2)c1.O=C(O)c1ccccn1.O=C(O)c1ccccn1.[2H-].[CH3-].[Cl][Ir+2].[Co].[Co].[Co].[Ir].[Na][Na]. The molecule has 8 aromatic rings. The van der Waals surface area contributed by atoms with Gasteiger partial charge in [0.15, 0.2) is 0 Å². The van der Waals surface area contributed by atoms with Gasteiger partial charge in [-0.2, -0.15) is 0 Å². The Bertz CT molecular complexity index is 2090. The number of hydrogen-bond donors (Lipinski definition) is 2. The average molecular weight is 1380 g/mol. The molecule has 0 aliphatic heterocycles. The van der Waals surface area contributed by atoms with E-state index < -0.39 is 11.9 Å². The van der Waals surface area contributed by atoms with E-state index in [4.69, 9.17) is 10.2 Å². The van der Waals surface area contributed by atoms with E-state index in [0.29, 0.717) is 0 Å². The van der Waals surface area contributed by atoms with Crippen LogP contribution in [0, 0.1) is 19.6 Å². The Morgan fingerprint density at radius 3 is 1.14 bits per heavy atom. The molecule has 8 rings (SSSR count). The number of aryl methyl sites for hydroxylation is 3. The molecule has 0 bridgehead atoms. The number of aromatic nitrogens is 8.